The van der Waals surface area contributed by atoms with Gasteiger partial charge in [0.25, 0.3) is 0 Å². The molecular formula is C14H10BrIO2. The van der Waals surface area contributed by atoms with Crippen LogP contribution in [-0.2, 0) is 0 Å². The number of carbonyl (C=O) groups excluding carboxylic acids is 1. The minimum absolute atomic E-state index is 0.0265. The second-order valence-electron chi connectivity index (χ2n) is 3.68. The van der Waals surface area contributed by atoms with E-state index in [-0.39, 0.29) is 12.4 Å². The lowest BCUT2D eigenvalue weighted by Gasteiger charge is -2.06. The Morgan fingerprint density at radius 2 is 1.89 bits per heavy atom. The van der Waals surface area contributed by atoms with E-state index in [4.69, 9.17) is 4.74 Å². The molecule has 92 valence electrons. The van der Waals surface area contributed by atoms with Gasteiger partial charge in [0.1, 0.15) is 5.75 Å². The van der Waals surface area contributed by atoms with E-state index < -0.39 is 0 Å². The van der Waals surface area contributed by atoms with Crippen molar-refractivity contribution in [2.45, 2.75) is 0 Å². The zero-order valence-corrected chi connectivity index (χ0v) is 13.1. The Morgan fingerprint density at radius 3 is 2.56 bits per heavy atom. The lowest BCUT2D eigenvalue weighted by molar-refractivity contribution is 0.0921. The van der Waals surface area contributed by atoms with Crippen LogP contribution in [0.1, 0.15) is 10.4 Å². The van der Waals surface area contributed by atoms with Gasteiger partial charge >= 0.3 is 0 Å². The highest BCUT2D eigenvalue weighted by atomic mass is 127. The van der Waals surface area contributed by atoms with E-state index >= 15 is 0 Å². The van der Waals surface area contributed by atoms with Gasteiger partial charge in [-0.15, -0.1) is 0 Å². The van der Waals surface area contributed by atoms with Gasteiger partial charge in [-0.05, 0) is 52.9 Å². The summed E-state index contributed by atoms with van der Waals surface area (Å²) in [4.78, 5) is 11.9. The predicted octanol–water partition coefficient (Wildman–Crippen LogP) is 4.32. The molecular weight excluding hydrogens is 407 g/mol. The molecule has 0 radical (unpaired) electrons. The molecule has 2 aromatic carbocycles. The molecule has 18 heavy (non-hydrogen) atoms. The molecule has 0 saturated carbocycles. The third-order valence-corrected chi connectivity index (χ3v) is 3.53. The van der Waals surface area contributed by atoms with Crippen LogP contribution < -0.4 is 4.74 Å². The summed E-state index contributed by atoms with van der Waals surface area (Å²) in [6, 6.07) is 14.9. The van der Waals surface area contributed by atoms with E-state index in [1.54, 1.807) is 12.1 Å². The molecule has 0 atom stereocenters. The Labute approximate surface area is 128 Å². The van der Waals surface area contributed by atoms with Crippen molar-refractivity contribution in [3.05, 3.63) is 62.1 Å². The van der Waals surface area contributed by atoms with E-state index in [0.29, 0.717) is 11.3 Å². The number of halogens is 2. The lowest BCUT2D eigenvalue weighted by atomic mass is 10.1. The van der Waals surface area contributed by atoms with Crippen LogP contribution in [0.3, 0.4) is 0 Å². The molecule has 0 saturated heterocycles. The topological polar surface area (TPSA) is 26.3 Å². The molecule has 0 fully saturated rings. The molecule has 0 aromatic heterocycles. The first-order chi connectivity index (χ1) is 8.65. The van der Waals surface area contributed by atoms with Crippen LogP contribution in [0.2, 0.25) is 0 Å². The molecule has 0 unspecified atom stereocenters. The number of hydrogen-bond acceptors (Lipinski definition) is 2. The highest BCUT2D eigenvalue weighted by Crippen LogP contribution is 2.16. The summed E-state index contributed by atoms with van der Waals surface area (Å²) >= 11 is 5.54. The van der Waals surface area contributed by atoms with Crippen molar-refractivity contribution in [3.63, 3.8) is 0 Å². The minimum Gasteiger partial charge on any atom is -0.485 e. The van der Waals surface area contributed by atoms with Crippen molar-refractivity contribution in [2.24, 2.45) is 0 Å². The van der Waals surface area contributed by atoms with Gasteiger partial charge in [0.2, 0.25) is 0 Å². The van der Waals surface area contributed by atoms with Crippen molar-refractivity contribution in [1.29, 1.82) is 0 Å². The average Bonchev–Trinajstić information content (AvgIpc) is 2.37. The molecule has 2 nitrogen and oxygen atoms in total. The summed E-state index contributed by atoms with van der Waals surface area (Å²) in [5.74, 6) is 0.689. The Hall–Kier alpha value is -0.880. The van der Waals surface area contributed by atoms with Crippen LogP contribution in [0.25, 0.3) is 0 Å². The molecule has 0 aliphatic rings. The Balaban J connectivity index is 1.98. The molecule has 0 bridgehead atoms. The molecule has 0 aliphatic carbocycles. The fourth-order valence-corrected chi connectivity index (χ4v) is 2.20. The zero-order valence-electron chi connectivity index (χ0n) is 9.40. The van der Waals surface area contributed by atoms with Gasteiger partial charge in [-0.2, -0.15) is 0 Å². The maximum absolute atomic E-state index is 11.9. The van der Waals surface area contributed by atoms with Crippen molar-refractivity contribution in [3.8, 4) is 5.75 Å². The quantitative estimate of drug-likeness (QED) is 0.548. The Morgan fingerprint density at radius 1 is 1.17 bits per heavy atom. The fraction of sp³-hybridized carbons (Fsp3) is 0.0714. The van der Waals surface area contributed by atoms with Crippen LogP contribution in [0.15, 0.2) is 53.0 Å². The third-order valence-electron chi connectivity index (χ3n) is 2.33. The predicted molar refractivity (Wildman–Crippen MR) is 83.1 cm³/mol. The number of Topliss-reactive ketones (excluding diaryl/α,β-unsaturated/α-hetero) is 1. The summed E-state index contributed by atoms with van der Waals surface area (Å²) < 4.78 is 7.51. The third kappa shape index (κ3) is 3.81. The van der Waals surface area contributed by atoms with Crippen molar-refractivity contribution >= 4 is 44.3 Å². The van der Waals surface area contributed by atoms with Gasteiger partial charge in [-0.3, -0.25) is 4.79 Å². The van der Waals surface area contributed by atoms with Gasteiger partial charge in [-0.25, -0.2) is 0 Å². The van der Waals surface area contributed by atoms with Gasteiger partial charge in [-0.1, -0.05) is 34.1 Å². The van der Waals surface area contributed by atoms with E-state index in [1.165, 1.54) is 0 Å². The van der Waals surface area contributed by atoms with E-state index in [9.17, 15) is 4.79 Å². The monoisotopic (exact) mass is 416 g/mol. The van der Waals surface area contributed by atoms with E-state index in [2.05, 4.69) is 38.5 Å². The summed E-state index contributed by atoms with van der Waals surface area (Å²) in [5, 5.41) is 0. The molecule has 4 heteroatoms. The molecule has 0 N–H and O–H groups in total. The lowest BCUT2D eigenvalue weighted by Crippen LogP contribution is -2.11. The first-order valence-electron chi connectivity index (χ1n) is 5.32. The smallest absolute Gasteiger partial charge is 0.200 e. The molecule has 0 aliphatic heterocycles. The van der Waals surface area contributed by atoms with Crippen LogP contribution in [0, 0.1) is 3.57 Å². The normalized spacial score (nSPS) is 10.1. The van der Waals surface area contributed by atoms with Crippen LogP contribution >= 0.6 is 38.5 Å². The minimum atomic E-state index is -0.0265. The highest BCUT2D eigenvalue weighted by molar-refractivity contribution is 14.1. The second-order valence-corrected chi connectivity index (χ2v) is 5.84. The zero-order chi connectivity index (χ0) is 13.0. The molecule has 0 amide bonds. The Bertz CT molecular complexity index is 552. The number of hydrogen-bond donors (Lipinski definition) is 0. The fourth-order valence-electron chi connectivity index (χ4n) is 1.42. The SMILES string of the molecule is O=C(COc1cccc(I)c1)c1ccc(Br)cc1. The maximum atomic E-state index is 11.9. The standard InChI is InChI=1S/C14H10BrIO2/c15-11-6-4-10(5-7-11)14(17)9-18-13-3-1-2-12(16)8-13/h1-8H,9H2. The van der Waals surface area contributed by atoms with Gasteiger partial charge in [0.15, 0.2) is 12.4 Å². The van der Waals surface area contributed by atoms with Gasteiger partial charge in [0, 0.05) is 13.6 Å². The molecule has 2 rings (SSSR count). The first-order valence-corrected chi connectivity index (χ1v) is 7.19. The maximum Gasteiger partial charge on any atom is 0.200 e. The number of benzene rings is 2. The first kappa shape index (κ1) is 13.5. The second kappa shape index (κ2) is 6.33. The summed E-state index contributed by atoms with van der Waals surface area (Å²) in [5.41, 5.74) is 0.656. The van der Waals surface area contributed by atoms with Crippen LogP contribution in [-0.4, -0.2) is 12.4 Å². The number of ketones is 1. The Kier molecular flexibility index (Phi) is 4.77. The van der Waals surface area contributed by atoms with Crippen LogP contribution in [0.5, 0.6) is 5.75 Å². The summed E-state index contributed by atoms with van der Waals surface area (Å²) in [7, 11) is 0. The van der Waals surface area contributed by atoms with Gasteiger partial charge < -0.3 is 4.74 Å². The average molecular weight is 417 g/mol. The summed E-state index contributed by atoms with van der Waals surface area (Å²) in [6.45, 7) is 0.0573. The number of ether oxygens (including phenoxy) is 1. The summed E-state index contributed by atoms with van der Waals surface area (Å²) in [6.07, 6.45) is 0. The number of rotatable bonds is 4. The molecule has 2 aromatic rings. The molecule has 0 heterocycles. The molecule has 0 spiro atoms. The van der Waals surface area contributed by atoms with E-state index in [0.717, 1.165) is 8.04 Å². The van der Waals surface area contributed by atoms with Crippen LogP contribution in [0.4, 0.5) is 0 Å². The number of carbonyl (C=O) groups is 1. The van der Waals surface area contributed by atoms with Crippen molar-refractivity contribution in [2.75, 3.05) is 6.61 Å². The largest absolute Gasteiger partial charge is 0.485 e. The highest BCUT2D eigenvalue weighted by Gasteiger charge is 2.06. The van der Waals surface area contributed by atoms with E-state index in [1.807, 2.05) is 36.4 Å². The van der Waals surface area contributed by atoms with Crippen molar-refractivity contribution < 1.29 is 9.53 Å². The van der Waals surface area contributed by atoms with Gasteiger partial charge in [0.05, 0.1) is 0 Å². The van der Waals surface area contributed by atoms with Crippen molar-refractivity contribution in [1.82, 2.24) is 0 Å².